The summed E-state index contributed by atoms with van der Waals surface area (Å²) in [6.07, 6.45) is 2.57. The van der Waals surface area contributed by atoms with E-state index in [9.17, 15) is 9.59 Å². The van der Waals surface area contributed by atoms with E-state index in [2.05, 4.69) is 4.98 Å². The molecule has 2 fully saturated rings. The molecule has 0 amide bonds. The standard InChI is InChI=1S/C38H35N3O5/c1-23-32(30-17-15-25-10-4-6-13-28(25)40-30)37(35(43)45-2)21-24(20-27-12-8-9-19-39-27)22-38(34(37)42,36(44)46-3)33(23)31-18-16-26-11-5-7-14-29(26)41-31/h4-19,23-24,32-33H,20-22H2,1-3H3. The molecule has 46 heavy (non-hydrogen) atoms. The zero-order valence-corrected chi connectivity index (χ0v) is 26.1. The van der Waals surface area contributed by atoms with Crippen molar-refractivity contribution in [3.63, 3.8) is 0 Å². The number of hydrogen-bond acceptors (Lipinski definition) is 8. The van der Waals surface area contributed by atoms with Gasteiger partial charge >= 0.3 is 11.9 Å². The molecule has 2 aliphatic carbocycles. The Kier molecular flexibility index (Phi) is 7.38. The zero-order valence-electron chi connectivity index (χ0n) is 26.1. The maximum absolute atomic E-state index is 15.4. The Labute approximate surface area is 267 Å². The van der Waals surface area contributed by atoms with E-state index < -0.39 is 46.3 Å². The lowest BCUT2D eigenvalue weighted by atomic mass is 9.40. The van der Waals surface area contributed by atoms with Crippen LogP contribution in [0.4, 0.5) is 0 Å². The molecule has 3 heterocycles. The number of methoxy groups -OCH3 is 2. The predicted octanol–water partition coefficient (Wildman–Crippen LogP) is 6.24. The van der Waals surface area contributed by atoms with Crippen molar-refractivity contribution in [1.82, 2.24) is 15.0 Å². The minimum atomic E-state index is -1.69. The molecule has 7 rings (SSSR count). The molecule has 8 heteroatoms. The van der Waals surface area contributed by atoms with E-state index in [-0.39, 0.29) is 18.8 Å². The fourth-order valence-electron chi connectivity index (χ4n) is 8.68. The number of ether oxygens (including phenoxy) is 2. The number of aromatic nitrogens is 3. The maximum atomic E-state index is 15.4. The van der Waals surface area contributed by atoms with Gasteiger partial charge in [-0.2, -0.15) is 0 Å². The topological polar surface area (TPSA) is 108 Å². The van der Waals surface area contributed by atoms with Crippen molar-refractivity contribution in [3.05, 3.63) is 114 Å². The Bertz CT molecular complexity index is 1860. The third kappa shape index (κ3) is 4.42. The number of rotatable bonds is 6. The molecule has 0 saturated heterocycles. The number of esters is 2. The van der Waals surface area contributed by atoms with Gasteiger partial charge < -0.3 is 9.47 Å². The summed E-state index contributed by atoms with van der Waals surface area (Å²) < 4.78 is 11.0. The van der Waals surface area contributed by atoms with Gasteiger partial charge in [0.25, 0.3) is 0 Å². The summed E-state index contributed by atoms with van der Waals surface area (Å²) in [6, 6.07) is 29.0. The quantitative estimate of drug-likeness (QED) is 0.164. The van der Waals surface area contributed by atoms with E-state index in [1.807, 2.05) is 97.9 Å². The van der Waals surface area contributed by atoms with Crippen LogP contribution in [0.2, 0.25) is 0 Å². The number of benzene rings is 2. The molecule has 0 N–H and O–H groups in total. The predicted molar refractivity (Wildman–Crippen MR) is 173 cm³/mol. The molecule has 4 atom stereocenters. The monoisotopic (exact) mass is 613 g/mol. The van der Waals surface area contributed by atoms with Gasteiger partial charge in [-0.1, -0.05) is 61.5 Å². The van der Waals surface area contributed by atoms with Gasteiger partial charge in [0.2, 0.25) is 0 Å². The number of nitrogens with zero attached hydrogens (tertiary/aromatic N) is 3. The van der Waals surface area contributed by atoms with Crippen LogP contribution >= 0.6 is 0 Å². The Hall–Kier alpha value is -4.98. The SMILES string of the molecule is COC(=O)C12CC(Cc3ccccn3)CC(C(=O)OC)(C1=O)C(c1ccc3ccccc3n1)C(C)C2c1ccc2ccccc2n1. The van der Waals surface area contributed by atoms with E-state index in [1.165, 1.54) is 14.2 Å². The molecular formula is C38H35N3O5. The lowest BCUT2D eigenvalue weighted by molar-refractivity contribution is -0.190. The summed E-state index contributed by atoms with van der Waals surface area (Å²) in [5.41, 5.74) is 0.150. The first-order valence-electron chi connectivity index (χ1n) is 15.7. The Morgan fingerprint density at radius 1 is 0.717 bits per heavy atom. The van der Waals surface area contributed by atoms with E-state index in [0.717, 1.165) is 27.5 Å². The van der Waals surface area contributed by atoms with Crippen LogP contribution in [0.15, 0.2) is 97.2 Å². The molecule has 2 bridgehead atoms. The smallest absolute Gasteiger partial charge is 0.320 e. The molecule has 2 aliphatic rings. The molecule has 3 aromatic heterocycles. The van der Waals surface area contributed by atoms with Gasteiger partial charge in [-0.25, -0.2) is 0 Å². The highest BCUT2D eigenvalue weighted by Crippen LogP contribution is 2.67. The second-order valence-electron chi connectivity index (χ2n) is 12.7. The fraction of sp³-hybridized carbons (Fsp3) is 0.316. The first kappa shape index (κ1) is 29.7. The van der Waals surface area contributed by atoms with Crippen molar-refractivity contribution in [2.45, 2.75) is 38.0 Å². The van der Waals surface area contributed by atoms with Crippen molar-refractivity contribution in [2.24, 2.45) is 22.7 Å². The lowest BCUT2D eigenvalue weighted by Gasteiger charge is -2.59. The van der Waals surface area contributed by atoms with Gasteiger partial charge in [-0.3, -0.25) is 29.3 Å². The molecule has 5 aromatic rings. The Morgan fingerprint density at radius 2 is 1.22 bits per heavy atom. The molecule has 8 nitrogen and oxygen atoms in total. The molecule has 4 unspecified atom stereocenters. The van der Waals surface area contributed by atoms with Crippen LogP contribution in [0.5, 0.6) is 0 Å². The molecule has 0 radical (unpaired) electrons. The number of Topliss-reactive ketones (excluding diaryl/α,β-unsaturated/α-hetero) is 1. The first-order valence-corrected chi connectivity index (χ1v) is 15.7. The molecular weight excluding hydrogens is 578 g/mol. The number of carbonyl (C=O) groups excluding carboxylic acids is 3. The number of carbonyl (C=O) groups is 3. The molecule has 2 aromatic carbocycles. The maximum Gasteiger partial charge on any atom is 0.320 e. The Morgan fingerprint density at radius 3 is 1.70 bits per heavy atom. The van der Waals surface area contributed by atoms with Gasteiger partial charge in [-0.05, 0) is 67.5 Å². The van der Waals surface area contributed by atoms with E-state index in [4.69, 9.17) is 19.4 Å². The average Bonchev–Trinajstić information content (AvgIpc) is 3.09. The number of hydrogen-bond donors (Lipinski definition) is 0. The van der Waals surface area contributed by atoms with E-state index in [1.54, 1.807) is 6.20 Å². The van der Waals surface area contributed by atoms with Crippen molar-refractivity contribution < 1.29 is 23.9 Å². The van der Waals surface area contributed by atoms with Crippen molar-refractivity contribution in [1.29, 1.82) is 0 Å². The minimum absolute atomic E-state index is 0.190. The van der Waals surface area contributed by atoms with E-state index in [0.29, 0.717) is 17.8 Å². The summed E-state index contributed by atoms with van der Waals surface area (Å²) in [4.78, 5) is 58.7. The highest BCUT2D eigenvalue weighted by molar-refractivity contribution is 6.17. The van der Waals surface area contributed by atoms with Crippen LogP contribution in [0.25, 0.3) is 21.8 Å². The van der Waals surface area contributed by atoms with Crippen LogP contribution in [0.3, 0.4) is 0 Å². The largest absolute Gasteiger partial charge is 0.468 e. The molecule has 0 spiro atoms. The van der Waals surface area contributed by atoms with Gasteiger partial charge in [0, 0.05) is 45.9 Å². The number of pyridine rings is 3. The van der Waals surface area contributed by atoms with Crippen molar-refractivity contribution in [3.8, 4) is 0 Å². The number of ketones is 1. The Balaban J connectivity index is 1.52. The van der Waals surface area contributed by atoms with Crippen LogP contribution in [0, 0.1) is 22.7 Å². The molecule has 232 valence electrons. The van der Waals surface area contributed by atoms with Gasteiger partial charge in [0.05, 0.1) is 25.3 Å². The minimum Gasteiger partial charge on any atom is -0.468 e. The second kappa shape index (κ2) is 11.4. The third-order valence-corrected chi connectivity index (χ3v) is 10.3. The summed E-state index contributed by atoms with van der Waals surface area (Å²) >= 11 is 0. The molecule has 0 aliphatic heterocycles. The summed E-state index contributed by atoms with van der Waals surface area (Å²) in [6.45, 7) is 2.00. The van der Waals surface area contributed by atoms with Crippen LogP contribution in [0.1, 0.15) is 48.7 Å². The molecule has 2 saturated carbocycles. The highest BCUT2D eigenvalue weighted by Gasteiger charge is 2.75. The lowest BCUT2D eigenvalue weighted by Crippen LogP contribution is -2.67. The second-order valence-corrected chi connectivity index (χ2v) is 12.7. The number of fused-ring (bicyclic) bond motifs is 4. The van der Waals surface area contributed by atoms with Gasteiger partial charge in [0.1, 0.15) is 10.8 Å². The zero-order chi connectivity index (χ0) is 32.1. The summed E-state index contributed by atoms with van der Waals surface area (Å²) in [5.74, 6) is -3.92. The summed E-state index contributed by atoms with van der Waals surface area (Å²) in [7, 11) is 2.61. The normalized spacial score (nSPS) is 27.3. The van der Waals surface area contributed by atoms with Crippen molar-refractivity contribution in [2.75, 3.05) is 14.2 Å². The third-order valence-electron chi connectivity index (χ3n) is 10.3. The van der Waals surface area contributed by atoms with Gasteiger partial charge in [-0.15, -0.1) is 0 Å². The summed E-state index contributed by atoms with van der Waals surface area (Å²) in [5, 5.41) is 1.89. The van der Waals surface area contributed by atoms with Crippen LogP contribution in [-0.2, 0) is 30.3 Å². The van der Waals surface area contributed by atoms with Gasteiger partial charge in [0.15, 0.2) is 5.78 Å². The van der Waals surface area contributed by atoms with Crippen LogP contribution < -0.4 is 0 Å². The van der Waals surface area contributed by atoms with Crippen molar-refractivity contribution >= 4 is 39.5 Å². The van der Waals surface area contributed by atoms with E-state index >= 15 is 4.79 Å². The first-order chi connectivity index (χ1) is 22.3. The highest BCUT2D eigenvalue weighted by atomic mass is 16.5. The van der Waals surface area contributed by atoms with Crippen LogP contribution in [-0.4, -0.2) is 46.9 Å². The average molecular weight is 614 g/mol. The number of para-hydroxylation sites is 2. The fourth-order valence-corrected chi connectivity index (χ4v) is 8.68.